The summed E-state index contributed by atoms with van der Waals surface area (Å²) in [5.74, 6) is -0.748. The Bertz CT molecular complexity index is 552. The third-order valence-electron chi connectivity index (χ3n) is 4.70. The summed E-state index contributed by atoms with van der Waals surface area (Å²) in [6.45, 7) is 6.36. The first-order valence-corrected chi connectivity index (χ1v) is 9.01. The summed E-state index contributed by atoms with van der Waals surface area (Å²) in [6, 6.07) is 7.54. The minimum atomic E-state index is -0.609. The third kappa shape index (κ3) is 6.48. The van der Waals surface area contributed by atoms with Gasteiger partial charge >= 0.3 is 11.8 Å². The fraction of sp³-hybridized carbons (Fsp3) is 0.579. The van der Waals surface area contributed by atoms with E-state index in [4.69, 9.17) is 4.74 Å². The first-order valence-electron chi connectivity index (χ1n) is 9.01. The second-order valence-electron chi connectivity index (χ2n) is 6.49. The van der Waals surface area contributed by atoms with E-state index in [1.54, 1.807) is 7.11 Å². The maximum absolute atomic E-state index is 12.0. The lowest BCUT2D eigenvalue weighted by Crippen LogP contribution is -2.42. The fourth-order valence-electron chi connectivity index (χ4n) is 2.96. The molecule has 6 heteroatoms. The molecule has 1 heterocycles. The van der Waals surface area contributed by atoms with Crippen LogP contribution in [-0.4, -0.2) is 56.6 Å². The van der Waals surface area contributed by atoms with E-state index in [-0.39, 0.29) is 0 Å². The van der Waals surface area contributed by atoms with Crippen molar-refractivity contribution < 1.29 is 14.3 Å². The number of hydrogen-bond acceptors (Lipinski definition) is 4. The number of likely N-dealkylation sites (tertiary alicyclic amines) is 1. The second-order valence-corrected chi connectivity index (χ2v) is 6.49. The molecule has 25 heavy (non-hydrogen) atoms. The van der Waals surface area contributed by atoms with Crippen molar-refractivity contribution in [3.63, 3.8) is 0 Å². The minimum Gasteiger partial charge on any atom is -0.383 e. The molecular weight excluding hydrogens is 318 g/mol. The molecule has 1 aliphatic rings. The van der Waals surface area contributed by atoms with Crippen molar-refractivity contribution in [1.82, 2.24) is 10.2 Å². The molecule has 0 atom stereocenters. The molecule has 0 unspecified atom stereocenters. The lowest BCUT2D eigenvalue weighted by molar-refractivity contribution is -0.136. The molecule has 2 amide bonds. The molecule has 1 fully saturated rings. The van der Waals surface area contributed by atoms with Gasteiger partial charge in [-0.15, -0.1) is 0 Å². The number of hydrogen-bond donors (Lipinski definition) is 2. The number of carbonyl (C=O) groups excluding carboxylic acids is 2. The molecule has 0 radical (unpaired) electrons. The number of rotatable bonds is 7. The van der Waals surface area contributed by atoms with E-state index in [0.717, 1.165) is 45.5 Å². The van der Waals surface area contributed by atoms with E-state index in [0.29, 0.717) is 18.2 Å². The first-order chi connectivity index (χ1) is 12.1. The molecule has 1 saturated heterocycles. The average molecular weight is 347 g/mol. The van der Waals surface area contributed by atoms with Crippen LogP contribution in [0.25, 0.3) is 0 Å². The molecule has 6 nitrogen and oxygen atoms in total. The van der Waals surface area contributed by atoms with Gasteiger partial charge in [0.2, 0.25) is 0 Å². The number of anilines is 1. The number of amides is 2. The van der Waals surface area contributed by atoms with Crippen LogP contribution in [0.2, 0.25) is 0 Å². The Balaban J connectivity index is 1.68. The summed E-state index contributed by atoms with van der Waals surface area (Å²) in [5, 5.41) is 5.40. The van der Waals surface area contributed by atoms with Crippen molar-refractivity contribution in [2.75, 3.05) is 45.2 Å². The zero-order chi connectivity index (χ0) is 18.1. The van der Waals surface area contributed by atoms with Crippen molar-refractivity contribution in [2.24, 2.45) is 5.92 Å². The van der Waals surface area contributed by atoms with Crippen molar-refractivity contribution in [3.05, 3.63) is 29.8 Å². The number of aryl methyl sites for hydroxylation is 1. The Morgan fingerprint density at radius 2 is 1.84 bits per heavy atom. The van der Waals surface area contributed by atoms with Crippen LogP contribution < -0.4 is 10.6 Å². The smallest absolute Gasteiger partial charge is 0.313 e. The van der Waals surface area contributed by atoms with Crippen molar-refractivity contribution in [1.29, 1.82) is 0 Å². The van der Waals surface area contributed by atoms with Crippen LogP contribution in [0.3, 0.4) is 0 Å². The van der Waals surface area contributed by atoms with E-state index < -0.39 is 11.8 Å². The highest BCUT2D eigenvalue weighted by Crippen LogP contribution is 2.16. The fourth-order valence-corrected chi connectivity index (χ4v) is 2.96. The summed E-state index contributed by atoms with van der Waals surface area (Å²) in [6.07, 6.45) is 3.01. The van der Waals surface area contributed by atoms with Crippen LogP contribution in [0.1, 0.15) is 25.3 Å². The van der Waals surface area contributed by atoms with Gasteiger partial charge in [-0.25, -0.2) is 0 Å². The predicted molar refractivity (Wildman–Crippen MR) is 98.5 cm³/mol. The molecule has 0 aliphatic carbocycles. The quantitative estimate of drug-likeness (QED) is 0.736. The molecule has 2 rings (SSSR count). The lowest BCUT2D eigenvalue weighted by atomic mass is 9.97. The van der Waals surface area contributed by atoms with Crippen LogP contribution in [0, 0.1) is 5.92 Å². The van der Waals surface area contributed by atoms with Gasteiger partial charge < -0.3 is 20.3 Å². The van der Waals surface area contributed by atoms with Gasteiger partial charge in [0.25, 0.3) is 0 Å². The standard InChI is InChI=1S/C19H29N3O3/c1-3-15-4-6-17(7-5-15)21-19(24)18(23)20-14-16-8-10-22(11-9-16)12-13-25-2/h4-7,16H,3,8-14H2,1-2H3,(H,20,23)(H,21,24). The van der Waals surface area contributed by atoms with E-state index in [9.17, 15) is 9.59 Å². The average Bonchev–Trinajstić information content (AvgIpc) is 2.65. The topological polar surface area (TPSA) is 70.7 Å². The summed E-state index contributed by atoms with van der Waals surface area (Å²) in [5.41, 5.74) is 1.84. The molecule has 1 aromatic rings. The second kappa shape index (κ2) is 10.2. The molecule has 0 saturated carbocycles. The highest BCUT2D eigenvalue weighted by molar-refractivity contribution is 6.39. The zero-order valence-corrected chi connectivity index (χ0v) is 15.2. The molecule has 0 aromatic heterocycles. The Kier molecular flexibility index (Phi) is 7.88. The van der Waals surface area contributed by atoms with Gasteiger partial charge in [0.15, 0.2) is 0 Å². The third-order valence-corrected chi connectivity index (χ3v) is 4.70. The summed E-state index contributed by atoms with van der Waals surface area (Å²) in [7, 11) is 1.71. The molecule has 0 bridgehead atoms. The maximum atomic E-state index is 12.0. The number of methoxy groups -OCH3 is 1. The molecule has 0 spiro atoms. The van der Waals surface area contributed by atoms with Gasteiger partial charge in [-0.1, -0.05) is 19.1 Å². The first kappa shape index (κ1) is 19.4. The molecule has 1 aromatic carbocycles. The van der Waals surface area contributed by atoms with Gasteiger partial charge in [0.1, 0.15) is 0 Å². The van der Waals surface area contributed by atoms with E-state index >= 15 is 0 Å². The Morgan fingerprint density at radius 3 is 2.44 bits per heavy atom. The lowest BCUT2D eigenvalue weighted by Gasteiger charge is -2.31. The zero-order valence-electron chi connectivity index (χ0n) is 15.2. The van der Waals surface area contributed by atoms with Gasteiger partial charge in [0, 0.05) is 25.9 Å². The number of nitrogens with zero attached hydrogens (tertiary/aromatic N) is 1. The molecule has 1 aliphatic heterocycles. The Labute approximate surface area is 149 Å². The van der Waals surface area contributed by atoms with Crippen LogP contribution >= 0.6 is 0 Å². The highest BCUT2D eigenvalue weighted by Gasteiger charge is 2.21. The number of ether oxygens (including phenoxy) is 1. The maximum Gasteiger partial charge on any atom is 0.313 e. The Hall–Kier alpha value is -1.92. The number of piperidine rings is 1. The van der Waals surface area contributed by atoms with Gasteiger partial charge in [-0.3, -0.25) is 9.59 Å². The summed E-state index contributed by atoms with van der Waals surface area (Å²) in [4.78, 5) is 26.3. The normalized spacial score (nSPS) is 15.8. The molecule has 2 N–H and O–H groups in total. The van der Waals surface area contributed by atoms with Gasteiger partial charge in [0.05, 0.1) is 6.61 Å². The van der Waals surface area contributed by atoms with Crippen LogP contribution in [0.4, 0.5) is 5.69 Å². The van der Waals surface area contributed by atoms with Gasteiger partial charge in [-0.05, 0) is 56.0 Å². The predicted octanol–water partition coefficient (Wildman–Crippen LogP) is 1.66. The molecule has 138 valence electrons. The van der Waals surface area contributed by atoms with E-state index in [1.807, 2.05) is 24.3 Å². The van der Waals surface area contributed by atoms with Crippen molar-refractivity contribution >= 4 is 17.5 Å². The largest absolute Gasteiger partial charge is 0.383 e. The van der Waals surface area contributed by atoms with Crippen LogP contribution in [0.5, 0.6) is 0 Å². The molecular formula is C19H29N3O3. The van der Waals surface area contributed by atoms with Crippen LogP contribution in [-0.2, 0) is 20.7 Å². The SMILES string of the molecule is CCc1ccc(NC(=O)C(=O)NCC2CCN(CCOC)CC2)cc1. The van der Waals surface area contributed by atoms with Crippen molar-refractivity contribution in [2.45, 2.75) is 26.2 Å². The Morgan fingerprint density at radius 1 is 1.16 bits per heavy atom. The monoisotopic (exact) mass is 347 g/mol. The summed E-state index contributed by atoms with van der Waals surface area (Å²) < 4.78 is 5.10. The minimum absolute atomic E-state index is 0.430. The summed E-state index contributed by atoms with van der Waals surface area (Å²) >= 11 is 0. The van der Waals surface area contributed by atoms with E-state index in [1.165, 1.54) is 5.56 Å². The number of benzene rings is 1. The number of carbonyl (C=O) groups is 2. The van der Waals surface area contributed by atoms with Gasteiger partial charge in [-0.2, -0.15) is 0 Å². The van der Waals surface area contributed by atoms with E-state index in [2.05, 4.69) is 22.5 Å². The van der Waals surface area contributed by atoms with Crippen molar-refractivity contribution in [3.8, 4) is 0 Å². The number of nitrogens with one attached hydrogen (secondary N) is 2. The highest BCUT2D eigenvalue weighted by atomic mass is 16.5. The van der Waals surface area contributed by atoms with Crippen LogP contribution in [0.15, 0.2) is 24.3 Å².